The van der Waals surface area contributed by atoms with Crippen LogP contribution >= 0.6 is 0 Å². The first kappa shape index (κ1) is 28.0. The monoisotopic (exact) mass is 560 g/mol. The van der Waals surface area contributed by atoms with E-state index >= 15 is 0 Å². The lowest BCUT2D eigenvalue weighted by atomic mass is 9.99. The van der Waals surface area contributed by atoms with Crippen LogP contribution in [0.5, 0.6) is 11.5 Å². The molecule has 7 atom stereocenters. The Balaban J connectivity index is 1.35. The lowest BCUT2D eigenvalue weighted by molar-refractivity contribution is -0.271. The minimum absolute atomic E-state index is 0.0999. The zero-order chi connectivity index (χ0) is 28.6. The molecular weight excluding hydrogens is 528 g/mol. The first-order chi connectivity index (χ1) is 19.2. The summed E-state index contributed by atoms with van der Waals surface area (Å²) in [6, 6.07) is 6.48. The van der Waals surface area contributed by atoms with Crippen LogP contribution in [-0.4, -0.2) is 114 Å². The summed E-state index contributed by atoms with van der Waals surface area (Å²) < 4.78 is 18.0. The number of aliphatic carboxylic acids is 1. The zero-order valence-corrected chi connectivity index (χ0v) is 21.6. The maximum Gasteiger partial charge on any atom is 0.335 e. The van der Waals surface area contributed by atoms with Gasteiger partial charge in [-0.2, -0.15) is 5.10 Å². The van der Waals surface area contributed by atoms with Crippen LogP contribution in [0.3, 0.4) is 0 Å². The molecule has 5 rings (SSSR count). The fourth-order valence-electron chi connectivity index (χ4n) is 4.89. The van der Waals surface area contributed by atoms with Crippen molar-refractivity contribution in [3.63, 3.8) is 0 Å². The van der Waals surface area contributed by atoms with Gasteiger partial charge in [-0.05, 0) is 30.2 Å². The van der Waals surface area contributed by atoms with E-state index < -0.39 is 42.8 Å². The second-order valence-corrected chi connectivity index (χ2v) is 9.84. The highest BCUT2D eigenvalue weighted by atomic mass is 16.7. The molecule has 2 aromatic heterocycles. The molecule has 8 N–H and O–H groups in total. The van der Waals surface area contributed by atoms with E-state index in [1.807, 2.05) is 12.3 Å². The van der Waals surface area contributed by atoms with Gasteiger partial charge in [0.25, 0.3) is 0 Å². The number of rotatable bonds is 8. The molecule has 0 unspecified atom stereocenters. The van der Waals surface area contributed by atoms with E-state index in [1.54, 1.807) is 16.6 Å². The van der Waals surface area contributed by atoms with E-state index in [4.69, 9.17) is 19.9 Å². The van der Waals surface area contributed by atoms with Crippen LogP contribution in [-0.2, 0) is 16.1 Å². The quantitative estimate of drug-likeness (QED) is 0.169. The first-order valence-corrected chi connectivity index (χ1v) is 12.7. The Morgan fingerprint density at radius 3 is 2.70 bits per heavy atom. The number of methoxy groups -OCH3 is 1. The van der Waals surface area contributed by atoms with E-state index in [-0.39, 0.29) is 17.5 Å². The molecule has 216 valence electrons. The number of nitrogens with zero attached hydrogens (tertiary/aromatic N) is 4. The van der Waals surface area contributed by atoms with Crippen molar-refractivity contribution >= 4 is 23.0 Å². The van der Waals surface area contributed by atoms with Crippen LogP contribution in [0.4, 0.5) is 11.5 Å². The molecule has 0 saturated carbocycles. The molecule has 0 amide bonds. The lowest BCUT2D eigenvalue weighted by Crippen LogP contribution is -2.61. The van der Waals surface area contributed by atoms with Crippen LogP contribution in [0, 0.1) is 0 Å². The molecular formula is C25H32N6O9. The lowest BCUT2D eigenvalue weighted by Gasteiger charge is -2.38. The topological polar surface area (TPSA) is 217 Å². The highest BCUT2D eigenvalue weighted by Gasteiger charge is 2.48. The third-order valence-electron chi connectivity index (χ3n) is 7.13. The molecule has 0 aliphatic carbocycles. The molecule has 2 fully saturated rings. The molecule has 3 aromatic rings. The number of nitrogens with one attached hydrogen (secondary N) is 1. The van der Waals surface area contributed by atoms with Gasteiger partial charge in [-0.15, -0.1) is 0 Å². The van der Waals surface area contributed by atoms with Crippen molar-refractivity contribution in [3.05, 3.63) is 42.4 Å². The van der Waals surface area contributed by atoms with Gasteiger partial charge in [0, 0.05) is 43.6 Å². The van der Waals surface area contributed by atoms with E-state index in [0.717, 1.165) is 17.6 Å². The predicted octanol–water partition coefficient (Wildman–Crippen LogP) is -1.35. The van der Waals surface area contributed by atoms with E-state index in [0.29, 0.717) is 31.0 Å². The average molecular weight is 561 g/mol. The summed E-state index contributed by atoms with van der Waals surface area (Å²) in [4.78, 5) is 17.9. The molecule has 2 saturated heterocycles. The molecule has 0 spiro atoms. The van der Waals surface area contributed by atoms with Crippen LogP contribution in [0.1, 0.15) is 12.0 Å². The number of piperidine rings is 1. The van der Waals surface area contributed by atoms with Crippen molar-refractivity contribution in [2.75, 3.05) is 25.5 Å². The Bertz CT molecular complexity index is 1360. The molecule has 0 radical (unpaired) electrons. The number of fused-ring (bicyclic) bond motifs is 1. The Kier molecular flexibility index (Phi) is 8.04. The van der Waals surface area contributed by atoms with Gasteiger partial charge in [0.1, 0.15) is 30.2 Å². The number of β-amino-alcohol motifs (C(OH)–C–C–N with tert-alkyl or cyclic N) is 1. The van der Waals surface area contributed by atoms with E-state index in [2.05, 4.69) is 20.3 Å². The number of carbonyl (C=O) groups is 1. The average Bonchev–Trinajstić information content (AvgIpc) is 3.35. The van der Waals surface area contributed by atoms with Crippen molar-refractivity contribution in [1.82, 2.24) is 19.5 Å². The molecule has 2 aliphatic heterocycles. The zero-order valence-electron chi connectivity index (χ0n) is 21.6. The van der Waals surface area contributed by atoms with E-state index in [1.165, 1.54) is 19.5 Å². The number of anilines is 2. The fourth-order valence-corrected chi connectivity index (χ4v) is 4.89. The normalized spacial score (nSPS) is 29.3. The molecule has 15 nitrogen and oxygen atoms in total. The Labute approximate surface area is 228 Å². The third kappa shape index (κ3) is 5.53. The number of benzene rings is 1. The van der Waals surface area contributed by atoms with E-state index in [9.17, 15) is 30.3 Å². The standard InChI is InChI=1S/C25H32N6O9/c1-38-17-8-13(2-3-16(17)39-25-21(35)19(33)20(34)22(40-25)24(36)37)29-23-18-12(4-7-31(18)28-11-27-23)9-30-6-5-14(26)15(32)10-30/h2-4,7-8,11,14-15,19-22,25,32-35H,5-6,9-10,26H2,1H3,(H,36,37)(H,27,28,29)/t14-,15-,19+,20+,21-,22+,25-/m1/s1. The van der Waals surface area contributed by atoms with Gasteiger partial charge in [-0.25, -0.2) is 14.3 Å². The second kappa shape index (κ2) is 11.5. The van der Waals surface area contributed by atoms with Crippen molar-refractivity contribution in [2.45, 2.75) is 55.8 Å². The molecule has 40 heavy (non-hydrogen) atoms. The van der Waals surface area contributed by atoms with Crippen LogP contribution in [0.25, 0.3) is 5.52 Å². The third-order valence-corrected chi connectivity index (χ3v) is 7.13. The summed E-state index contributed by atoms with van der Waals surface area (Å²) in [6.07, 6.45) is -5.38. The number of nitrogens with two attached hydrogens (primary N) is 1. The number of aromatic nitrogens is 3. The minimum atomic E-state index is -1.83. The SMILES string of the molecule is COc1cc(Nc2ncnn3ccc(CN4CC[C@@H](N)[C@H](O)C4)c23)ccc1O[C@@H]1O[C@H](C(=O)O)[C@@H](O)[C@H](O)[C@H]1O. The summed E-state index contributed by atoms with van der Waals surface area (Å²) in [6.45, 7) is 1.80. The van der Waals surface area contributed by atoms with Crippen LogP contribution in [0.15, 0.2) is 36.8 Å². The van der Waals surface area contributed by atoms with Crippen molar-refractivity contribution in [1.29, 1.82) is 0 Å². The number of hydrogen-bond donors (Lipinski definition) is 7. The minimum Gasteiger partial charge on any atom is -0.493 e. The predicted molar refractivity (Wildman–Crippen MR) is 138 cm³/mol. The van der Waals surface area contributed by atoms with Crippen LogP contribution < -0.4 is 20.5 Å². The summed E-state index contributed by atoms with van der Waals surface area (Å²) in [5.74, 6) is -0.678. The summed E-state index contributed by atoms with van der Waals surface area (Å²) >= 11 is 0. The highest BCUT2D eigenvalue weighted by molar-refractivity contribution is 5.77. The molecule has 15 heteroatoms. The van der Waals surface area contributed by atoms with Crippen LogP contribution in [0.2, 0.25) is 0 Å². The molecule has 0 bridgehead atoms. The number of hydrogen-bond acceptors (Lipinski definition) is 13. The number of carboxylic acid groups (broad SMARTS) is 1. The van der Waals surface area contributed by atoms with Crippen molar-refractivity contribution in [3.8, 4) is 11.5 Å². The highest BCUT2D eigenvalue weighted by Crippen LogP contribution is 2.35. The number of carboxylic acids is 1. The summed E-state index contributed by atoms with van der Waals surface area (Å²) in [5, 5.41) is 57.2. The second-order valence-electron chi connectivity index (χ2n) is 9.84. The fraction of sp³-hybridized carbons (Fsp3) is 0.480. The van der Waals surface area contributed by atoms with Gasteiger partial charge >= 0.3 is 5.97 Å². The summed E-state index contributed by atoms with van der Waals surface area (Å²) in [7, 11) is 1.40. The number of ether oxygens (including phenoxy) is 3. The summed E-state index contributed by atoms with van der Waals surface area (Å²) in [5.41, 5.74) is 8.21. The maximum absolute atomic E-state index is 11.4. The number of aliphatic hydroxyl groups is 4. The van der Waals surface area contributed by atoms with Gasteiger partial charge in [-0.1, -0.05) is 0 Å². The molecule has 1 aromatic carbocycles. The molecule has 4 heterocycles. The number of likely N-dealkylation sites (tertiary alicyclic amines) is 1. The Morgan fingerprint density at radius 1 is 1.18 bits per heavy atom. The Morgan fingerprint density at radius 2 is 1.98 bits per heavy atom. The van der Waals surface area contributed by atoms with Crippen molar-refractivity contribution < 1.29 is 44.5 Å². The first-order valence-electron chi connectivity index (χ1n) is 12.7. The molecule has 2 aliphatic rings. The largest absolute Gasteiger partial charge is 0.493 e. The number of aliphatic hydroxyl groups excluding tert-OH is 4. The van der Waals surface area contributed by atoms with Crippen molar-refractivity contribution in [2.24, 2.45) is 5.73 Å². The van der Waals surface area contributed by atoms with Gasteiger partial charge < -0.3 is 50.8 Å². The van der Waals surface area contributed by atoms with Gasteiger partial charge in [0.05, 0.1) is 13.2 Å². The smallest absolute Gasteiger partial charge is 0.335 e. The van der Waals surface area contributed by atoms with Gasteiger partial charge in [-0.3, -0.25) is 4.90 Å². The van der Waals surface area contributed by atoms with Gasteiger partial charge in [0.2, 0.25) is 6.29 Å². The maximum atomic E-state index is 11.4. The van der Waals surface area contributed by atoms with Gasteiger partial charge in [0.15, 0.2) is 23.4 Å². The Hall–Kier alpha value is -3.57.